The predicted molar refractivity (Wildman–Crippen MR) is 79.9 cm³/mol. The number of nitrogens with one attached hydrogen (secondary N) is 2. The van der Waals surface area contributed by atoms with Crippen LogP contribution in [-0.4, -0.2) is 30.6 Å². The molecule has 5 nitrogen and oxygen atoms in total. The Labute approximate surface area is 125 Å². The first-order chi connectivity index (χ1) is 10.1. The van der Waals surface area contributed by atoms with Crippen LogP contribution in [0, 0.1) is 0 Å². The van der Waals surface area contributed by atoms with E-state index in [0.717, 1.165) is 25.0 Å². The summed E-state index contributed by atoms with van der Waals surface area (Å²) in [6.45, 7) is 4.67. The van der Waals surface area contributed by atoms with Gasteiger partial charge in [0.25, 0.3) is 5.91 Å². The van der Waals surface area contributed by atoms with Gasteiger partial charge in [0, 0.05) is 31.7 Å². The Morgan fingerprint density at radius 2 is 1.90 bits per heavy atom. The summed E-state index contributed by atoms with van der Waals surface area (Å²) < 4.78 is 5.47. The monoisotopic (exact) mass is 290 g/mol. The molecule has 1 saturated carbocycles. The maximum absolute atomic E-state index is 12.1. The van der Waals surface area contributed by atoms with Crippen molar-refractivity contribution in [2.45, 2.75) is 45.4 Å². The summed E-state index contributed by atoms with van der Waals surface area (Å²) in [5.41, 5.74) is 1.61. The van der Waals surface area contributed by atoms with Gasteiger partial charge in [-0.25, -0.2) is 0 Å². The molecule has 5 heteroatoms. The average Bonchev–Trinajstić information content (AvgIpc) is 2.43. The second-order valence-electron chi connectivity index (χ2n) is 5.33. The van der Waals surface area contributed by atoms with E-state index in [9.17, 15) is 9.59 Å². The largest absolute Gasteiger partial charge is 0.378 e. The molecule has 0 atom stereocenters. The fraction of sp³-hybridized carbons (Fsp3) is 0.500. The van der Waals surface area contributed by atoms with Gasteiger partial charge in [0.2, 0.25) is 5.91 Å². The topological polar surface area (TPSA) is 67.4 Å². The zero-order valence-electron chi connectivity index (χ0n) is 12.5. The van der Waals surface area contributed by atoms with Crippen LogP contribution in [0.1, 0.15) is 42.6 Å². The summed E-state index contributed by atoms with van der Waals surface area (Å²) in [6, 6.07) is 7.49. The van der Waals surface area contributed by atoms with Gasteiger partial charge in [-0.2, -0.15) is 0 Å². The molecule has 2 amide bonds. The number of ether oxygens (including phenoxy) is 1. The van der Waals surface area contributed by atoms with Crippen LogP contribution in [0.2, 0.25) is 0 Å². The molecule has 0 aliphatic heterocycles. The van der Waals surface area contributed by atoms with Crippen LogP contribution in [0.25, 0.3) is 0 Å². The van der Waals surface area contributed by atoms with Crippen molar-refractivity contribution in [2.75, 3.05) is 6.61 Å². The van der Waals surface area contributed by atoms with Crippen molar-refractivity contribution in [2.24, 2.45) is 0 Å². The van der Waals surface area contributed by atoms with E-state index < -0.39 is 0 Å². The highest BCUT2D eigenvalue weighted by atomic mass is 16.5. The van der Waals surface area contributed by atoms with E-state index in [2.05, 4.69) is 10.6 Å². The molecule has 114 valence electrons. The molecular weight excluding hydrogens is 268 g/mol. The Morgan fingerprint density at radius 3 is 2.48 bits per heavy atom. The lowest BCUT2D eigenvalue weighted by Gasteiger charge is -2.35. The molecule has 0 radical (unpaired) electrons. The zero-order valence-corrected chi connectivity index (χ0v) is 12.5. The van der Waals surface area contributed by atoms with Crippen LogP contribution < -0.4 is 10.6 Å². The lowest BCUT2D eigenvalue weighted by Crippen LogP contribution is -2.47. The minimum atomic E-state index is -0.0642. The van der Waals surface area contributed by atoms with Gasteiger partial charge in [-0.05, 0) is 37.5 Å². The van der Waals surface area contributed by atoms with E-state index in [1.807, 2.05) is 19.1 Å². The molecule has 21 heavy (non-hydrogen) atoms. The van der Waals surface area contributed by atoms with Crippen molar-refractivity contribution in [1.29, 1.82) is 0 Å². The molecule has 1 aromatic rings. The highest BCUT2D eigenvalue weighted by Crippen LogP contribution is 2.23. The minimum Gasteiger partial charge on any atom is -0.378 e. The zero-order chi connectivity index (χ0) is 15.2. The van der Waals surface area contributed by atoms with Gasteiger partial charge in [0.15, 0.2) is 0 Å². The molecule has 2 N–H and O–H groups in total. The smallest absolute Gasteiger partial charge is 0.251 e. The van der Waals surface area contributed by atoms with Gasteiger partial charge in [-0.15, -0.1) is 0 Å². The minimum absolute atomic E-state index is 0.0546. The van der Waals surface area contributed by atoms with Gasteiger partial charge >= 0.3 is 0 Å². The number of hydrogen-bond acceptors (Lipinski definition) is 3. The summed E-state index contributed by atoms with van der Waals surface area (Å²) in [5.74, 6) is -0.119. The molecule has 1 fully saturated rings. The summed E-state index contributed by atoms with van der Waals surface area (Å²) in [6.07, 6.45) is 2.07. The SMILES string of the molecule is CCOC1CC(NC(=O)c2ccc(CNC(C)=O)cc2)C1. The first-order valence-electron chi connectivity index (χ1n) is 7.34. The lowest BCUT2D eigenvalue weighted by atomic mass is 9.89. The second kappa shape index (κ2) is 7.22. The highest BCUT2D eigenvalue weighted by molar-refractivity contribution is 5.94. The third-order valence-corrected chi connectivity index (χ3v) is 3.59. The van der Waals surface area contributed by atoms with Crippen molar-refractivity contribution in [3.05, 3.63) is 35.4 Å². The van der Waals surface area contributed by atoms with Crippen molar-refractivity contribution in [1.82, 2.24) is 10.6 Å². The molecule has 1 aliphatic carbocycles. The second-order valence-corrected chi connectivity index (χ2v) is 5.33. The van der Waals surface area contributed by atoms with Crippen LogP contribution in [-0.2, 0) is 16.1 Å². The first kappa shape index (κ1) is 15.5. The number of hydrogen-bond donors (Lipinski definition) is 2. The van der Waals surface area contributed by atoms with E-state index in [4.69, 9.17) is 4.74 Å². The predicted octanol–water partition coefficient (Wildman–Crippen LogP) is 1.62. The maximum atomic E-state index is 12.1. The molecule has 0 bridgehead atoms. The van der Waals surface area contributed by atoms with E-state index in [1.54, 1.807) is 12.1 Å². The Balaban J connectivity index is 1.79. The molecule has 1 aliphatic rings. The third kappa shape index (κ3) is 4.56. The van der Waals surface area contributed by atoms with E-state index in [-0.39, 0.29) is 17.9 Å². The molecule has 0 spiro atoms. The fourth-order valence-corrected chi connectivity index (χ4v) is 2.32. The Morgan fingerprint density at radius 1 is 1.24 bits per heavy atom. The van der Waals surface area contributed by atoms with Crippen LogP contribution in [0.15, 0.2) is 24.3 Å². The quantitative estimate of drug-likeness (QED) is 0.836. The molecule has 1 aromatic carbocycles. The number of amides is 2. The summed E-state index contributed by atoms with van der Waals surface area (Å²) in [4.78, 5) is 22.9. The van der Waals surface area contributed by atoms with E-state index in [0.29, 0.717) is 18.2 Å². The Bertz CT molecular complexity index is 493. The van der Waals surface area contributed by atoms with Crippen LogP contribution in [0.3, 0.4) is 0 Å². The maximum Gasteiger partial charge on any atom is 0.251 e. The normalized spacial score (nSPS) is 20.5. The summed E-state index contributed by atoms with van der Waals surface area (Å²) >= 11 is 0. The standard InChI is InChI=1S/C16H22N2O3/c1-3-21-15-8-14(9-15)18-16(20)13-6-4-12(5-7-13)10-17-11(2)19/h4-7,14-15H,3,8-10H2,1-2H3,(H,17,19)(H,18,20). The summed E-state index contributed by atoms with van der Waals surface area (Å²) in [7, 11) is 0. The first-order valence-corrected chi connectivity index (χ1v) is 7.34. The van der Waals surface area contributed by atoms with Gasteiger partial charge in [0.1, 0.15) is 0 Å². The van der Waals surface area contributed by atoms with E-state index in [1.165, 1.54) is 6.92 Å². The summed E-state index contributed by atoms with van der Waals surface area (Å²) in [5, 5.41) is 5.73. The van der Waals surface area contributed by atoms with Crippen molar-refractivity contribution >= 4 is 11.8 Å². The molecule has 0 unspecified atom stereocenters. The molecular formula is C16H22N2O3. The Kier molecular flexibility index (Phi) is 5.33. The number of carbonyl (C=O) groups excluding carboxylic acids is 2. The Hall–Kier alpha value is -1.88. The highest BCUT2D eigenvalue weighted by Gasteiger charge is 2.30. The van der Waals surface area contributed by atoms with Gasteiger partial charge in [0.05, 0.1) is 6.10 Å². The van der Waals surface area contributed by atoms with E-state index >= 15 is 0 Å². The molecule has 2 rings (SSSR count). The molecule has 0 aromatic heterocycles. The van der Waals surface area contributed by atoms with Crippen LogP contribution in [0.4, 0.5) is 0 Å². The van der Waals surface area contributed by atoms with Crippen LogP contribution >= 0.6 is 0 Å². The number of carbonyl (C=O) groups is 2. The average molecular weight is 290 g/mol. The molecule has 0 heterocycles. The molecule has 0 saturated heterocycles. The van der Waals surface area contributed by atoms with Crippen molar-refractivity contribution < 1.29 is 14.3 Å². The van der Waals surface area contributed by atoms with Gasteiger partial charge < -0.3 is 15.4 Å². The van der Waals surface area contributed by atoms with Crippen molar-refractivity contribution in [3.8, 4) is 0 Å². The van der Waals surface area contributed by atoms with Gasteiger partial charge in [-0.1, -0.05) is 12.1 Å². The number of benzene rings is 1. The third-order valence-electron chi connectivity index (χ3n) is 3.59. The van der Waals surface area contributed by atoms with Gasteiger partial charge in [-0.3, -0.25) is 9.59 Å². The van der Waals surface area contributed by atoms with Crippen molar-refractivity contribution in [3.63, 3.8) is 0 Å². The fourth-order valence-electron chi connectivity index (χ4n) is 2.32. The van der Waals surface area contributed by atoms with Crippen LogP contribution in [0.5, 0.6) is 0 Å². The lowest BCUT2D eigenvalue weighted by molar-refractivity contribution is -0.119. The number of rotatable bonds is 6.